The molecular weight excluding hydrogens is 627 g/mol. The predicted octanol–water partition coefficient (Wildman–Crippen LogP) is 6.76. The van der Waals surface area contributed by atoms with Gasteiger partial charge in [0.15, 0.2) is 0 Å². The van der Waals surface area contributed by atoms with Gasteiger partial charge in [0, 0.05) is 18.5 Å². The molecule has 47 heavy (non-hydrogen) atoms. The highest BCUT2D eigenvalue weighted by Crippen LogP contribution is 2.33. The van der Waals surface area contributed by atoms with Crippen LogP contribution in [0, 0.1) is 6.92 Å². The van der Waals surface area contributed by atoms with Gasteiger partial charge in [0.1, 0.15) is 12.6 Å². The fourth-order valence-electron chi connectivity index (χ4n) is 5.10. The van der Waals surface area contributed by atoms with Crippen LogP contribution >= 0.6 is 0 Å². The second-order valence-electron chi connectivity index (χ2n) is 12.3. The maximum atomic E-state index is 14.5. The summed E-state index contributed by atoms with van der Waals surface area (Å²) in [6.45, 7) is 6.37. The van der Waals surface area contributed by atoms with E-state index in [-0.39, 0.29) is 23.5 Å². The number of rotatable bonds is 11. The van der Waals surface area contributed by atoms with E-state index in [1.165, 1.54) is 35.2 Å². The third-order valence-corrected chi connectivity index (χ3v) is 9.06. The molecule has 0 saturated heterocycles. The molecule has 0 radical (unpaired) electrons. The van der Waals surface area contributed by atoms with Gasteiger partial charge in [0.2, 0.25) is 11.8 Å². The van der Waals surface area contributed by atoms with Crippen LogP contribution in [0.2, 0.25) is 0 Å². The monoisotopic (exact) mass is 665 g/mol. The summed E-state index contributed by atoms with van der Waals surface area (Å²) in [6.07, 6.45) is -4.65. The van der Waals surface area contributed by atoms with Crippen LogP contribution in [0.1, 0.15) is 43.0 Å². The highest BCUT2D eigenvalue weighted by molar-refractivity contribution is 7.92. The number of alkyl halides is 3. The highest BCUT2D eigenvalue weighted by Gasteiger charge is 2.37. The third kappa shape index (κ3) is 9.45. The molecule has 0 spiro atoms. The Labute approximate surface area is 274 Å². The summed E-state index contributed by atoms with van der Waals surface area (Å²) in [5, 5.41) is 2.95. The molecule has 11 heteroatoms. The Morgan fingerprint density at radius 1 is 0.787 bits per heavy atom. The molecule has 0 heterocycles. The van der Waals surface area contributed by atoms with Gasteiger partial charge in [-0.1, -0.05) is 84.4 Å². The van der Waals surface area contributed by atoms with E-state index in [9.17, 15) is 31.2 Å². The van der Waals surface area contributed by atoms with Crippen molar-refractivity contribution in [1.29, 1.82) is 0 Å². The van der Waals surface area contributed by atoms with Crippen molar-refractivity contribution in [2.75, 3.05) is 10.8 Å². The summed E-state index contributed by atoms with van der Waals surface area (Å²) >= 11 is 0. The van der Waals surface area contributed by atoms with Crippen LogP contribution < -0.4 is 9.62 Å². The Bertz CT molecular complexity index is 1790. The Hall–Kier alpha value is -4.64. The minimum absolute atomic E-state index is 0.0581. The summed E-state index contributed by atoms with van der Waals surface area (Å²) in [5.41, 5.74) is 0.285. The van der Waals surface area contributed by atoms with Crippen LogP contribution in [0.15, 0.2) is 114 Å². The summed E-state index contributed by atoms with van der Waals surface area (Å²) < 4.78 is 70.0. The van der Waals surface area contributed by atoms with E-state index in [1.54, 1.807) is 32.9 Å². The lowest BCUT2D eigenvalue weighted by molar-refractivity contribution is -0.140. The first kappa shape index (κ1) is 35.2. The van der Waals surface area contributed by atoms with Crippen molar-refractivity contribution in [3.63, 3.8) is 0 Å². The summed E-state index contributed by atoms with van der Waals surface area (Å²) in [4.78, 5) is 29.5. The largest absolute Gasteiger partial charge is 0.416 e. The van der Waals surface area contributed by atoms with Crippen LogP contribution in [0.25, 0.3) is 0 Å². The van der Waals surface area contributed by atoms with Crippen LogP contribution in [-0.4, -0.2) is 43.3 Å². The first-order valence-electron chi connectivity index (χ1n) is 15.0. The molecule has 248 valence electrons. The molecule has 4 aromatic rings. The molecule has 1 atom stereocenters. The molecule has 0 bridgehead atoms. The number of benzene rings is 4. The van der Waals surface area contributed by atoms with Crippen LogP contribution in [0.4, 0.5) is 18.9 Å². The minimum atomic E-state index is -4.76. The zero-order valence-corrected chi connectivity index (χ0v) is 27.5. The van der Waals surface area contributed by atoms with Crippen molar-refractivity contribution in [2.24, 2.45) is 0 Å². The predicted molar refractivity (Wildman–Crippen MR) is 176 cm³/mol. The normalized spacial score (nSPS) is 12.7. The quantitative estimate of drug-likeness (QED) is 0.192. The van der Waals surface area contributed by atoms with E-state index in [4.69, 9.17) is 0 Å². The molecule has 0 aromatic heterocycles. The number of aryl methyl sites for hydroxylation is 1. The zero-order valence-electron chi connectivity index (χ0n) is 26.7. The molecule has 0 fully saturated rings. The van der Waals surface area contributed by atoms with E-state index in [2.05, 4.69) is 5.32 Å². The average Bonchev–Trinajstić information content (AvgIpc) is 3.01. The number of nitrogens with one attached hydrogen (secondary N) is 1. The number of carbonyl (C=O) groups excluding carboxylic acids is 2. The maximum absolute atomic E-state index is 14.5. The Kier molecular flexibility index (Phi) is 10.8. The summed E-state index contributed by atoms with van der Waals surface area (Å²) in [5.74, 6) is -1.23. The first-order chi connectivity index (χ1) is 22.0. The van der Waals surface area contributed by atoms with Crippen LogP contribution in [-0.2, 0) is 38.8 Å². The number of amides is 2. The van der Waals surface area contributed by atoms with Gasteiger partial charge in [-0.2, -0.15) is 13.2 Å². The SMILES string of the molecule is Cc1cccc(CN(C(=O)CN(c2cccc(C(F)(F)F)c2)S(=O)(=O)c2ccccc2)C(Cc2ccccc2)C(=O)NC(C)(C)C)c1. The second-order valence-corrected chi connectivity index (χ2v) is 14.2. The molecular formula is C36H38F3N3O4S. The van der Waals surface area contributed by atoms with Crippen molar-refractivity contribution < 1.29 is 31.2 Å². The van der Waals surface area contributed by atoms with E-state index in [0.717, 1.165) is 23.3 Å². The lowest BCUT2D eigenvalue weighted by Crippen LogP contribution is -2.56. The van der Waals surface area contributed by atoms with E-state index in [1.807, 2.05) is 55.5 Å². The lowest BCUT2D eigenvalue weighted by Gasteiger charge is -2.35. The second kappa shape index (κ2) is 14.4. The number of sulfonamides is 1. The van der Waals surface area contributed by atoms with Gasteiger partial charge in [0.05, 0.1) is 16.1 Å². The number of anilines is 1. The minimum Gasteiger partial charge on any atom is -0.350 e. The molecule has 0 saturated carbocycles. The van der Waals surface area contributed by atoms with Crippen molar-refractivity contribution in [3.8, 4) is 0 Å². The molecule has 2 amide bonds. The molecule has 0 aliphatic carbocycles. The molecule has 0 aliphatic heterocycles. The summed E-state index contributed by atoms with van der Waals surface area (Å²) in [7, 11) is -4.54. The molecule has 0 aliphatic rings. The first-order valence-corrected chi connectivity index (χ1v) is 16.4. The maximum Gasteiger partial charge on any atom is 0.416 e. The van der Waals surface area contributed by atoms with Crippen molar-refractivity contribution >= 4 is 27.5 Å². The van der Waals surface area contributed by atoms with Gasteiger partial charge in [-0.3, -0.25) is 13.9 Å². The molecule has 4 aromatic carbocycles. The topological polar surface area (TPSA) is 86.8 Å². The Morgan fingerprint density at radius 3 is 1.98 bits per heavy atom. The van der Waals surface area contributed by atoms with Gasteiger partial charge >= 0.3 is 6.18 Å². The molecule has 1 unspecified atom stereocenters. The third-order valence-electron chi connectivity index (χ3n) is 7.28. The zero-order chi connectivity index (χ0) is 34.4. The van der Waals surface area contributed by atoms with Gasteiger partial charge in [-0.05, 0) is 69.2 Å². The van der Waals surface area contributed by atoms with Gasteiger partial charge in [0.25, 0.3) is 10.0 Å². The molecule has 7 nitrogen and oxygen atoms in total. The smallest absolute Gasteiger partial charge is 0.350 e. The van der Waals surface area contributed by atoms with Crippen LogP contribution in [0.5, 0.6) is 0 Å². The van der Waals surface area contributed by atoms with Gasteiger partial charge in [-0.15, -0.1) is 0 Å². The number of carbonyl (C=O) groups is 2. The lowest BCUT2D eigenvalue weighted by atomic mass is 10.0. The standard InChI is InChI=1S/C36H38F3N3O4S/c1-26-13-11-16-28(21-26)24-41(32(34(44)40-35(2,3)4)22-27-14-7-5-8-15-27)33(43)25-42(47(45,46)31-19-9-6-10-20-31)30-18-12-17-29(23-30)36(37,38)39/h5-21,23,32H,22,24-25H2,1-4H3,(H,40,44). The fourth-order valence-corrected chi connectivity index (χ4v) is 6.53. The van der Waals surface area contributed by atoms with E-state index in [0.29, 0.717) is 15.9 Å². The summed E-state index contributed by atoms with van der Waals surface area (Å²) in [6, 6.07) is 26.3. The van der Waals surface area contributed by atoms with Crippen molar-refractivity contribution in [3.05, 3.63) is 131 Å². The molecule has 1 N–H and O–H groups in total. The van der Waals surface area contributed by atoms with Crippen molar-refractivity contribution in [1.82, 2.24) is 10.2 Å². The van der Waals surface area contributed by atoms with E-state index < -0.39 is 51.7 Å². The van der Waals surface area contributed by atoms with E-state index >= 15 is 0 Å². The molecule has 4 rings (SSSR count). The van der Waals surface area contributed by atoms with Crippen LogP contribution in [0.3, 0.4) is 0 Å². The Balaban J connectivity index is 1.85. The van der Waals surface area contributed by atoms with Gasteiger partial charge in [-0.25, -0.2) is 8.42 Å². The van der Waals surface area contributed by atoms with Gasteiger partial charge < -0.3 is 10.2 Å². The number of nitrogens with zero attached hydrogens (tertiary/aromatic N) is 2. The fraction of sp³-hybridized carbons (Fsp3) is 0.278. The Morgan fingerprint density at radius 2 is 1.38 bits per heavy atom. The number of hydrogen-bond donors (Lipinski definition) is 1. The average molecular weight is 666 g/mol. The number of halogens is 3. The van der Waals surface area contributed by atoms with Crippen molar-refractivity contribution in [2.45, 2.75) is 63.3 Å². The highest BCUT2D eigenvalue weighted by atomic mass is 32.2. The number of hydrogen-bond acceptors (Lipinski definition) is 4.